The summed E-state index contributed by atoms with van der Waals surface area (Å²) in [5, 5.41) is 14.9. The van der Waals surface area contributed by atoms with Crippen LogP contribution < -0.4 is 20.1 Å². The van der Waals surface area contributed by atoms with Crippen LogP contribution in [0.3, 0.4) is 0 Å². The molecule has 78 heavy (non-hydrogen) atoms. The second-order valence-corrected chi connectivity index (χ2v) is 33.5. The van der Waals surface area contributed by atoms with E-state index in [4.69, 9.17) is 38.0 Å². The van der Waals surface area contributed by atoms with Gasteiger partial charge in [-0.15, -0.1) is 0 Å². The third-order valence-electron chi connectivity index (χ3n) is 16.9. The fraction of sp³-hybridized carbons (Fsp3) is 0.308. The van der Waals surface area contributed by atoms with Gasteiger partial charge in [0, 0.05) is 17.5 Å². The van der Waals surface area contributed by atoms with Crippen molar-refractivity contribution < 1.29 is 23.1 Å². The lowest BCUT2D eigenvalue weighted by Crippen LogP contribution is -2.48. The van der Waals surface area contributed by atoms with E-state index in [-0.39, 0.29) is 28.9 Å². The second kappa shape index (κ2) is 20.6. The Morgan fingerprint density at radius 3 is 1.81 bits per heavy atom. The van der Waals surface area contributed by atoms with E-state index < -0.39 is 28.4 Å². The van der Waals surface area contributed by atoms with Gasteiger partial charge in [-0.05, 0) is 104 Å². The van der Waals surface area contributed by atoms with Gasteiger partial charge in [-0.3, -0.25) is 4.57 Å². The molecule has 1 aliphatic rings. The number of anilines is 3. The molecule has 1 fully saturated rings. The molecule has 1 aliphatic heterocycles. The molecule has 3 heterocycles. The molecule has 0 aliphatic carbocycles. The minimum Gasteiger partial charge on any atom is -0.497 e. The van der Waals surface area contributed by atoms with Crippen LogP contribution >= 0.6 is 0 Å². The van der Waals surface area contributed by atoms with Gasteiger partial charge in [0.25, 0.3) is 0 Å². The maximum atomic E-state index is 7.44. The number of ether oxygens (including phenoxy) is 3. The van der Waals surface area contributed by atoms with E-state index in [9.17, 15) is 0 Å². The molecule has 13 heteroatoms. The molecule has 0 radical (unpaired) electrons. The van der Waals surface area contributed by atoms with Crippen molar-refractivity contribution in [1.29, 1.82) is 0 Å². The summed E-state index contributed by atoms with van der Waals surface area (Å²) in [5.74, 6) is 1.93. The zero-order chi connectivity index (χ0) is 54.6. The SMILES string of the molecule is COc1ccc(C(Nc2nc(OCc3ccccc3)c3nc(Nc4ccc5ccc6cccc7ccc4c5c67)n([C@H]4C[C@H](O[Si](C)(C)C(C)(C)C)[C@@H](CO[Si](C)(C)C(C)(C)C)O4)c3n2)(c2ccccc2)c2ccccc2)cc1. The first kappa shape index (κ1) is 52.9. The summed E-state index contributed by atoms with van der Waals surface area (Å²) in [6.07, 6.45) is -0.745. The zero-order valence-electron chi connectivity index (χ0n) is 46.8. The first-order valence-electron chi connectivity index (χ1n) is 27.2. The number of fused-ring (bicyclic) bond motifs is 1. The van der Waals surface area contributed by atoms with Gasteiger partial charge < -0.3 is 33.7 Å². The molecule has 2 N–H and O–H groups in total. The summed E-state index contributed by atoms with van der Waals surface area (Å²) in [6.45, 7) is 23.5. The summed E-state index contributed by atoms with van der Waals surface area (Å²) in [7, 11) is -2.88. The molecule has 0 unspecified atom stereocenters. The molecule has 0 amide bonds. The molecule has 11 nitrogen and oxygen atoms in total. The predicted molar refractivity (Wildman–Crippen MR) is 323 cm³/mol. The summed E-state index contributed by atoms with van der Waals surface area (Å²) in [4.78, 5) is 16.5. The van der Waals surface area contributed by atoms with Gasteiger partial charge in [-0.1, -0.05) is 193 Å². The van der Waals surface area contributed by atoms with Gasteiger partial charge in [-0.25, -0.2) is 4.98 Å². The number of imidazole rings is 1. The molecule has 8 aromatic carbocycles. The quantitative estimate of drug-likeness (QED) is 0.0519. The number of nitrogens with zero attached hydrogens (tertiary/aromatic N) is 4. The fourth-order valence-corrected chi connectivity index (χ4v) is 12.8. The molecular weight excluding hydrogens is 1000 g/mol. The first-order chi connectivity index (χ1) is 37.3. The maximum absolute atomic E-state index is 7.44. The van der Waals surface area contributed by atoms with Crippen LogP contribution in [0.15, 0.2) is 170 Å². The Morgan fingerprint density at radius 1 is 0.615 bits per heavy atom. The van der Waals surface area contributed by atoms with Crippen LogP contribution in [0.4, 0.5) is 17.6 Å². The standard InChI is InChI=1S/C65H72N6O5Si2/c1-63(2,3)77(8,9)74-42-54-53(76-78(10,11)64(4,5)6)40-55(75-54)71-59-58(67-62(71)66-52-39-33-46-31-30-44-24-21-25-45-32-38-51(52)57(46)56(44)45)60(73-41-43-22-15-12-16-23-43)69-61(68-59)70-65(47-26-17-13-18-27-47,48-28-19-14-20-29-48)49-34-36-50(72-7)37-35-49/h12-39,53-55H,40-42H2,1-11H3,(H,66,67)(H,68,69,70)/t53-,54+,55+/m0/s1. The molecular formula is C65H72N6O5Si2. The minimum absolute atomic E-state index is 0.00385. The highest BCUT2D eigenvalue weighted by Crippen LogP contribution is 2.47. The van der Waals surface area contributed by atoms with Crippen molar-refractivity contribution in [3.05, 3.63) is 192 Å². The second-order valence-electron chi connectivity index (χ2n) is 23.9. The molecule has 1 saturated heterocycles. The highest BCUT2D eigenvalue weighted by Gasteiger charge is 2.48. The minimum atomic E-state index is -2.35. The lowest BCUT2D eigenvalue weighted by Gasteiger charge is -2.40. The van der Waals surface area contributed by atoms with Crippen LogP contribution in [-0.2, 0) is 25.7 Å². The summed E-state index contributed by atoms with van der Waals surface area (Å²) in [5.41, 5.74) is 4.81. The van der Waals surface area contributed by atoms with Gasteiger partial charge in [-0.2, -0.15) is 9.97 Å². The smallest absolute Gasteiger partial charge is 0.247 e. The van der Waals surface area contributed by atoms with E-state index in [1.54, 1.807) is 7.11 Å². The average molecular weight is 1070 g/mol. The van der Waals surface area contributed by atoms with E-state index in [2.05, 4.69) is 210 Å². The summed E-state index contributed by atoms with van der Waals surface area (Å²) >= 11 is 0. The largest absolute Gasteiger partial charge is 0.497 e. The summed E-state index contributed by atoms with van der Waals surface area (Å²) in [6, 6.07) is 58.9. The predicted octanol–water partition coefficient (Wildman–Crippen LogP) is 16.2. The van der Waals surface area contributed by atoms with Crippen molar-refractivity contribution in [2.45, 2.75) is 115 Å². The van der Waals surface area contributed by atoms with E-state index in [1.165, 1.54) is 21.5 Å². The Hall–Kier alpha value is -7.14. The lowest BCUT2D eigenvalue weighted by molar-refractivity contribution is -0.0376. The number of methoxy groups -OCH3 is 1. The Balaban J connectivity index is 1.14. The van der Waals surface area contributed by atoms with Crippen LogP contribution in [0, 0.1) is 0 Å². The van der Waals surface area contributed by atoms with Gasteiger partial charge in [0.05, 0.1) is 19.8 Å². The Kier molecular flexibility index (Phi) is 14.0. The third kappa shape index (κ3) is 9.91. The number of benzene rings is 8. The number of hydrogen-bond donors (Lipinski definition) is 2. The van der Waals surface area contributed by atoms with E-state index >= 15 is 0 Å². The zero-order valence-corrected chi connectivity index (χ0v) is 48.8. The molecule has 3 atom stereocenters. The van der Waals surface area contributed by atoms with Crippen molar-refractivity contribution in [3.8, 4) is 11.6 Å². The number of nitrogens with one attached hydrogen (secondary N) is 2. The number of hydrogen-bond acceptors (Lipinski definition) is 10. The van der Waals surface area contributed by atoms with E-state index in [1.807, 2.05) is 42.5 Å². The van der Waals surface area contributed by atoms with Crippen LogP contribution in [0.1, 0.15) is 76.4 Å². The fourth-order valence-electron chi connectivity index (χ4n) is 10.5. The number of aromatic nitrogens is 4. The third-order valence-corrected chi connectivity index (χ3v) is 25.9. The molecule has 0 spiro atoms. The van der Waals surface area contributed by atoms with Crippen molar-refractivity contribution in [2.24, 2.45) is 0 Å². The Bertz CT molecular complexity index is 3660. The Labute approximate surface area is 460 Å². The first-order valence-corrected chi connectivity index (χ1v) is 33.1. The van der Waals surface area contributed by atoms with Gasteiger partial charge >= 0.3 is 0 Å². The van der Waals surface area contributed by atoms with Crippen molar-refractivity contribution in [2.75, 3.05) is 24.4 Å². The Morgan fingerprint density at radius 2 is 1.19 bits per heavy atom. The number of rotatable bonds is 17. The van der Waals surface area contributed by atoms with Gasteiger partial charge in [0.15, 0.2) is 27.8 Å². The normalized spacial score (nSPS) is 16.6. The highest BCUT2D eigenvalue weighted by atomic mass is 28.4. The van der Waals surface area contributed by atoms with Gasteiger partial charge in [0.1, 0.15) is 30.2 Å². The molecule has 2 aromatic heterocycles. The van der Waals surface area contributed by atoms with Gasteiger partial charge in [0.2, 0.25) is 17.8 Å². The monoisotopic (exact) mass is 1070 g/mol. The van der Waals surface area contributed by atoms with E-state index in [0.717, 1.165) is 44.5 Å². The van der Waals surface area contributed by atoms with Crippen LogP contribution in [0.5, 0.6) is 11.6 Å². The van der Waals surface area contributed by atoms with Crippen molar-refractivity contribution >= 4 is 77.7 Å². The maximum Gasteiger partial charge on any atom is 0.247 e. The lowest BCUT2D eigenvalue weighted by atomic mass is 9.77. The molecule has 0 saturated carbocycles. The molecule has 400 valence electrons. The van der Waals surface area contributed by atoms with E-state index in [0.29, 0.717) is 42.0 Å². The topological polar surface area (TPSA) is 114 Å². The van der Waals surface area contributed by atoms with Crippen molar-refractivity contribution in [3.63, 3.8) is 0 Å². The van der Waals surface area contributed by atoms with Crippen molar-refractivity contribution in [1.82, 2.24) is 19.5 Å². The molecule has 10 aromatic rings. The summed E-state index contributed by atoms with van der Waals surface area (Å²) < 4.78 is 36.6. The molecule has 0 bridgehead atoms. The molecule has 11 rings (SSSR count). The highest BCUT2D eigenvalue weighted by molar-refractivity contribution is 6.74. The van der Waals surface area contributed by atoms with Crippen LogP contribution in [0.25, 0.3) is 43.5 Å². The average Bonchev–Trinajstić information content (AvgIpc) is 4.12. The van der Waals surface area contributed by atoms with Crippen LogP contribution in [0.2, 0.25) is 36.3 Å². The van der Waals surface area contributed by atoms with Crippen LogP contribution in [-0.4, -0.2) is 62.1 Å².